The number of carbonyl (C=O) groups excluding carboxylic acids is 1. The normalized spacial score (nSPS) is 20.4. The second-order valence-electron chi connectivity index (χ2n) is 5.18. The summed E-state index contributed by atoms with van der Waals surface area (Å²) in [5, 5.41) is 3.48. The number of Topliss-reactive ketones (excluding diaryl/α,β-unsaturated/α-hetero) is 1. The molecule has 0 spiro atoms. The van der Waals surface area contributed by atoms with E-state index < -0.39 is 0 Å². The fourth-order valence-electron chi connectivity index (χ4n) is 2.54. The third-order valence-corrected chi connectivity index (χ3v) is 3.78. The van der Waals surface area contributed by atoms with Crippen molar-refractivity contribution in [1.29, 1.82) is 0 Å². The van der Waals surface area contributed by atoms with Gasteiger partial charge in [0.2, 0.25) is 0 Å². The largest absolute Gasteiger partial charge is 0.314 e. The Bertz CT molecular complexity index is 375. The van der Waals surface area contributed by atoms with Gasteiger partial charge in [0.1, 0.15) is 0 Å². The van der Waals surface area contributed by atoms with Crippen molar-refractivity contribution in [1.82, 2.24) is 5.32 Å². The average molecular weight is 245 g/mol. The monoisotopic (exact) mass is 245 g/mol. The van der Waals surface area contributed by atoms with Gasteiger partial charge in [0, 0.05) is 18.0 Å². The van der Waals surface area contributed by atoms with E-state index in [1.165, 1.54) is 24.8 Å². The summed E-state index contributed by atoms with van der Waals surface area (Å²) in [5.41, 5.74) is 2.15. The van der Waals surface area contributed by atoms with Gasteiger partial charge in [-0.2, -0.15) is 0 Å². The van der Waals surface area contributed by atoms with E-state index in [1.807, 2.05) is 12.1 Å². The van der Waals surface area contributed by atoms with E-state index in [9.17, 15) is 4.79 Å². The molecule has 0 amide bonds. The summed E-state index contributed by atoms with van der Waals surface area (Å²) in [6, 6.07) is 8.45. The van der Waals surface area contributed by atoms with Gasteiger partial charge in [0.15, 0.2) is 5.78 Å². The summed E-state index contributed by atoms with van der Waals surface area (Å²) in [4.78, 5) is 12.2. The van der Waals surface area contributed by atoms with Crippen LogP contribution in [0.4, 0.5) is 0 Å². The molecule has 1 aliphatic rings. The molecular formula is C16H23NO. The fourth-order valence-corrected chi connectivity index (χ4v) is 2.54. The van der Waals surface area contributed by atoms with Crippen molar-refractivity contribution in [3.05, 3.63) is 35.4 Å². The summed E-state index contributed by atoms with van der Waals surface area (Å²) < 4.78 is 0. The van der Waals surface area contributed by atoms with Crippen molar-refractivity contribution in [2.45, 2.75) is 51.5 Å². The van der Waals surface area contributed by atoms with Crippen molar-refractivity contribution < 1.29 is 4.79 Å². The molecule has 0 saturated carbocycles. The molecule has 1 aromatic carbocycles. The lowest BCUT2D eigenvalue weighted by molar-refractivity contribution is 0.0968. The molecule has 1 fully saturated rings. The Kier molecular flexibility index (Phi) is 4.94. The molecule has 2 nitrogen and oxygen atoms in total. The first-order valence-electron chi connectivity index (χ1n) is 7.15. The second-order valence-corrected chi connectivity index (χ2v) is 5.18. The molecule has 1 saturated heterocycles. The van der Waals surface area contributed by atoms with E-state index in [0.29, 0.717) is 12.5 Å². The van der Waals surface area contributed by atoms with E-state index >= 15 is 0 Å². The number of carbonyl (C=O) groups is 1. The standard InChI is InChI=1S/C16H23NO/c1-2-13-7-9-14(10-8-13)16(18)12-15-6-4-3-5-11-17-15/h7-10,15,17H,2-6,11-12H2,1H3. The van der Waals surface area contributed by atoms with E-state index in [4.69, 9.17) is 0 Å². The van der Waals surface area contributed by atoms with Crippen LogP contribution in [0.5, 0.6) is 0 Å². The molecule has 1 unspecified atom stereocenters. The van der Waals surface area contributed by atoms with Gasteiger partial charge < -0.3 is 5.32 Å². The summed E-state index contributed by atoms with van der Waals surface area (Å²) >= 11 is 0. The topological polar surface area (TPSA) is 29.1 Å². The molecular weight excluding hydrogens is 222 g/mol. The van der Waals surface area contributed by atoms with Crippen LogP contribution in [-0.2, 0) is 6.42 Å². The molecule has 1 heterocycles. The van der Waals surface area contributed by atoms with Crippen molar-refractivity contribution >= 4 is 5.78 Å². The predicted octanol–water partition coefficient (Wildman–Crippen LogP) is 3.35. The maximum atomic E-state index is 12.2. The SMILES string of the molecule is CCc1ccc(C(=O)CC2CCCCCN2)cc1. The summed E-state index contributed by atoms with van der Waals surface area (Å²) in [7, 11) is 0. The minimum atomic E-state index is 0.275. The van der Waals surface area contributed by atoms with E-state index in [0.717, 1.165) is 24.9 Å². The number of benzene rings is 1. The van der Waals surface area contributed by atoms with Crippen molar-refractivity contribution in [3.8, 4) is 0 Å². The number of aryl methyl sites for hydroxylation is 1. The Balaban J connectivity index is 1.93. The smallest absolute Gasteiger partial charge is 0.164 e. The van der Waals surface area contributed by atoms with E-state index in [2.05, 4.69) is 24.4 Å². The van der Waals surface area contributed by atoms with Crippen molar-refractivity contribution in [3.63, 3.8) is 0 Å². The molecule has 0 aromatic heterocycles. The number of ketones is 1. The zero-order chi connectivity index (χ0) is 12.8. The lowest BCUT2D eigenvalue weighted by atomic mass is 9.99. The minimum Gasteiger partial charge on any atom is -0.314 e. The Labute approximate surface area is 110 Å². The van der Waals surface area contributed by atoms with Crippen LogP contribution in [0.15, 0.2) is 24.3 Å². The lowest BCUT2D eigenvalue weighted by Crippen LogP contribution is -2.30. The van der Waals surface area contributed by atoms with Crippen LogP contribution >= 0.6 is 0 Å². The van der Waals surface area contributed by atoms with Gasteiger partial charge in [-0.05, 0) is 31.4 Å². The van der Waals surface area contributed by atoms with Crippen LogP contribution in [0, 0.1) is 0 Å². The number of hydrogen-bond acceptors (Lipinski definition) is 2. The molecule has 2 rings (SSSR count). The number of nitrogens with one attached hydrogen (secondary N) is 1. The van der Waals surface area contributed by atoms with Gasteiger partial charge in [-0.25, -0.2) is 0 Å². The van der Waals surface area contributed by atoms with Crippen molar-refractivity contribution in [2.75, 3.05) is 6.54 Å². The highest BCUT2D eigenvalue weighted by atomic mass is 16.1. The van der Waals surface area contributed by atoms with Gasteiger partial charge in [0.25, 0.3) is 0 Å². The summed E-state index contributed by atoms with van der Waals surface area (Å²) in [6.45, 7) is 3.19. The number of hydrogen-bond donors (Lipinski definition) is 1. The zero-order valence-electron chi connectivity index (χ0n) is 11.2. The minimum absolute atomic E-state index is 0.275. The van der Waals surface area contributed by atoms with Crippen LogP contribution in [0.3, 0.4) is 0 Å². The summed E-state index contributed by atoms with van der Waals surface area (Å²) in [5.74, 6) is 0.275. The van der Waals surface area contributed by atoms with Gasteiger partial charge in [-0.15, -0.1) is 0 Å². The molecule has 1 aromatic rings. The average Bonchev–Trinajstić information content (AvgIpc) is 2.67. The quantitative estimate of drug-likeness (QED) is 0.824. The van der Waals surface area contributed by atoms with E-state index in [-0.39, 0.29) is 5.78 Å². The lowest BCUT2D eigenvalue weighted by Gasteiger charge is -2.14. The molecule has 2 heteroatoms. The van der Waals surface area contributed by atoms with Crippen molar-refractivity contribution in [2.24, 2.45) is 0 Å². The van der Waals surface area contributed by atoms with Gasteiger partial charge >= 0.3 is 0 Å². The molecule has 0 radical (unpaired) electrons. The highest BCUT2D eigenvalue weighted by Gasteiger charge is 2.16. The van der Waals surface area contributed by atoms with Gasteiger partial charge in [0.05, 0.1) is 0 Å². The Hall–Kier alpha value is -1.15. The fraction of sp³-hybridized carbons (Fsp3) is 0.562. The maximum Gasteiger partial charge on any atom is 0.164 e. The van der Waals surface area contributed by atoms with E-state index in [1.54, 1.807) is 0 Å². The summed E-state index contributed by atoms with van der Waals surface area (Å²) in [6.07, 6.45) is 6.60. The van der Waals surface area contributed by atoms with Gasteiger partial charge in [-0.3, -0.25) is 4.79 Å². The first-order valence-corrected chi connectivity index (χ1v) is 7.15. The molecule has 0 aliphatic carbocycles. The molecule has 1 atom stereocenters. The first kappa shape index (κ1) is 13.3. The van der Waals surface area contributed by atoms with Crippen LogP contribution in [0.25, 0.3) is 0 Å². The second kappa shape index (κ2) is 6.69. The Morgan fingerprint density at radius 1 is 1.22 bits per heavy atom. The Morgan fingerprint density at radius 2 is 2.00 bits per heavy atom. The third-order valence-electron chi connectivity index (χ3n) is 3.78. The highest BCUT2D eigenvalue weighted by Crippen LogP contribution is 2.14. The van der Waals surface area contributed by atoms with Crippen LogP contribution in [-0.4, -0.2) is 18.4 Å². The van der Waals surface area contributed by atoms with Crippen LogP contribution in [0.1, 0.15) is 54.9 Å². The molecule has 1 N–H and O–H groups in total. The third kappa shape index (κ3) is 3.67. The highest BCUT2D eigenvalue weighted by molar-refractivity contribution is 5.96. The number of rotatable bonds is 4. The molecule has 0 bridgehead atoms. The Morgan fingerprint density at radius 3 is 2.72 bits per heavy atom. The van der Waals surface area contributed by atoms with Gasteiger partial charge in [-0.1, -0.05) is 44.0 Å². The maximum absolute atomic E-state index is 12.2. The molecule has 1 aliphatic heterocycles. The first-order chi connectivity index (χ1) is 8.79. The van der Waals surface area contributed by atoms with Crippen LogP contribution in [0.2, 0.25) is 0 Å². The predicted molar refractivity (Wildman–Crippen MR) is 75.0 cm³/mol. The molecule has 18 heavy (non-hydrogen) atoms. The molecule has 98 valence electrons. The zero-order valence-corrected chi connectivity index (χ0v) is 11.2. The van der Waals surface area contributed by atoms with Crippen LogP contribution < -0.4 is 5.32 Å².